The van der Waals surface area contributed by atoms with Crippen LogP contribution in [0.5, 0.6) is 0 Å². The van der Waals surface area contributed by atoms with Crippen LogP contribution in [-0.2, 0) is 6.54 Å². The molecule has 5 rings (SSSR count). The van der Waals surface area contributed by atoms with E-state index in [1.165, 1.54) is 16.9 Å². The summed E-state index contributed by atoms with van der Waals surface area (Å²) in [6, 6.07) is 6.34. The fourth-order valence-corrected chi connectivity index (χ4v) is 4.45. The molecule has 3 N–H and O–H groups in total. The maximum Gasteiger partial charge on any atom is 0.140 e. The second-order valence-corrected chi connectivity index (χ2v) is 6.89. The smallest absolute Gasteiger partial charge is 0.140 e. The summed E-state index contributed by atoms with van der Waals surface area (Å²) in [5, 5.41) is 4.61. The van der Waals surface area contributed by atoms with Crippen molar-refractivity contribution in [1.82, 2.24) is 9.99 Å². The van der Waals surface area contributed by atoms with Crippen molar-refractivity contribution in [2.45, 2.75) is 18.9 Å². The van der Waals surface area contributed by atoms with Crippen LogP contribution in [0.25, 0.3) is 11.8 Å². The van der Waals surface area contributed by atoms with Crippen molar-refractivity contribution >= 4 is 33.5 Å². The highest BCUT2D eigenvalue weighted by Crippen LogP contribution is 2.45. The standard InChI is InChI=1S/C17H16BrN5/c18-13-8-22-15-10(7-19)3-1-6-14(15)23-9-20-21-17(23)12-5-2-4-11(13)16(12)22/h1-4,6,8,12,20H,5,7,9,19H2. The topological polar surface area (TPSA) is 58.6 Å². The molecule has 0 saturated heterocycles. The van der Waals surface area contributed by atoms with Crippen LogP contribution < -0.4 is 16.1 Å². The first-order valence-electron chi connectivity index (χ1n) is 7.77. The highest BCUT2D eigenvalue weighted by molar-refractivity contribution is 9.10. The van der Waals surface area contributed by atoms with E-state index in [4.69, 9.17) is 5.73 Å². The molecule has 2 aromatic rings. The number of allylic oxidation sites excluding steroid dienone is 1. The molecule has 1 atom stereocenters. The number of hydrogen-bond donors (Lipinski definition) is 2. The molecule has 1 aromatic carbocycles. The molecule has 6 heteroatoms. The Labute approximate surface area is 142 Å². The zero-order valence-electron chi connectivity index (χ0n) is 12.5. The number of nitrogens with one attached hydrogen (secondary N) is 1. The Kier molecular flexibility index (Phi) is 2.75. The van der Waals surface area contributed by atoms with Gasteiger partial charge in [-0.15, -0.1) is 0 Å². The molecule has 1 unspecified atom stereocenters. The SMILES string of the molecule is NCc1cccc2c1-n1cc(Br)c3c1C(CC=C3)C1=NNCN12. The highest BCUT2D eigenvalue weighted by atomic mass is 79.9. The van der Waals surface area contributed by atoms with Gasteiger partial charge in [-0.2, -0.15) is 5.10 Å². The third-order valence-corrected chi connectivity index (χ3v) is 5.51. The van der Waals surface area contributed by atoms with Gasteiger partial charge in [-0.3, -0.25) is 5.43 Å². The van der Waals surface area contributed by atoms with Crippen LogP contribution in [0.15, 0.2) is 40.0 Å². The van der Waals surface area contributed by atoms with Crippen LogP contribution in [0.1, 0.15) is 29.2 Å². The lowest BCUT2D eigenvalue weighted by Crippen LogP contribution is -2.32. The van der Waals surface area contributed by atoms with Gasteiger partial charge in [0.05, 0.1) is 17.3 Å². The molecular formula is C17H16BrN5. The third kappa shape index (κ3) is 1.67. The van der Waals surface area contributed by atoms with Gasteiger partial charge in [0.15, 0.2) is 0 Å². The van der Waals surface area contributed by atoms with Gasteiger partial charge in [-0.25, -0.2) is 0 Å². The minimum absolute atomic E-state index is 0.259. The number of halogens is 1. The van der Waals surface area contributed by atoms with E-state index in [2.05, 4.69) is 72.5 Å². The predicted octanol–water partition coefficient (Wildman–Crippen LogP) is 2.89. The molecule has 0 spiro atoms. The lowest BCUT2D eigenvalue weighted by atomic mass is 9.91. The molecule has 1 aromatic heterocycles. The normalized spacial score (nSPS) is 20.3. The van der Waals surface area contributed by atoms with Gasteiger partial charge in [0.25, 0.3) is 0 Å². The molecule has 0 amide bonds. The monoisotopic (exact) mass is 369 g/mol. The first kappa shape index (κ1) is 13.4. The zero-order chi connectivity index (χ0) is 15.6. The molecule has 0 fully saturated rings. The number of aromatic nitrogens is 1. The van der Waals surface area contributed by atoms with Crippen LogP contribution >= 0.6 is 15.9 Å². The summed E-state index contributed by atoms with van der Waals surface area (Å²) < 4.78 is 3.43. The summed E-state index contributed by atoms with van der Waals surface area (Å²) in [5.41, 5.74) is 15.2. The van der Waals surface area contributed by atoms with Crippen molar-refractivity contribution in [2.24, 2.45) is 10.8 Å². The predicted molar refractivity (Wildman–Crippen MR) is 95.7 cm³/mol. The molecule has 1 aliphatic carbocycles. The molecule has 116 valence electrons. The van der Waals surface area contributed by atoms with E-state index in [9.17, 15) is 0 Å². The van der Waals surface area contributed by atoms with E-state index in [1.807, 2.05) is 0 Å². The molecule has 0 saturated carbocycles. The van der Waals surface area contributed by atoms with Crippen LogP contribution in [0, 0.1) is 0 Å². The Bertz CT molecular complexity index is 879. The maximum atomic E-state index is 6.04. The lowest BCUT2D eigenvalue weighted by Gasteiger charge is -2.24. The number of benzene rings is 1. The Balaban J connectivity index is 1.92. The van der Waals surface area contributed by atoms with Crippen molar-refractivity contribution in [2.75, 3.05) is 11.6 Å². The summed E-state index contributed by atoms with van der Waals surface area (Å²) in [6.07, 6.45) is 7.57. The van der Waals surface area contributed by atoms with Gasteiger partial charge in [-0.05, 0) is 34.0 Å². The van der Waals surface area contributed by atoms with Crippen LogP contribution in [0.2, 0.25) is 0 Å². The Hall–Kier alpha value is -2.05. The average Bonchev–Trinajstić information content (AvgIpc) is 3.16. The first-order valence-corrected chi connectivity index (χ1v) is 8.56. The molecule has 3 aliphatic rings. The minimum Gasteiger partial charge on any atom is -0.326 e. The molecule has 3 heterocycles. The Morgan fingerprint density at radius 3 is 3.17 bits per heavy atom. The van der Waals surface area contributed by atoms with Gasteiger partial charge in [0, 0.05) is 28.5 Å². The number of anilines is 1. The average molecular weight is 370 g/mol. The second-order valence-electron chi connectivity index (χ2n) is 6.04. The van der Waals surface area contributed by atoms with E-state index in [0.29, 0.717) is 13.2 Å². The molecule has 0 radical (unpaired) electrons. The van der Waals surface area contributed by atoms with Gasteiger partial charge < -0.3 is 15.2 Å². The molecule has 23 heavy (non-hydrogen) atoms. The molecule has 2 aliphatic heterocycles. The van der Waals surface area contributed by atoms with Gasteiger partial charge in [-0.1, -0.05) is 24.3 Å². The largest absolute Gasteiger partial charge is 0.326 e. The number of nitrogens with zero attached hydrogens (tertiary/aromatic N) is 3. The van der Waals surface area contributed by atoms with Crippen LogP contribution in [0.4, 0.5) is 5.69 Å². The quantitative estimate of drug-likeness (QED) is 0.812. The van der Waals surface area contributed by atoms with Crippen molar-refractivity contribution in [1.29, 1.82) is 0 Å². The summed E-state index contributed by atoms with van der Waals surface area (Å²) in [4.78, 5) is 2.28. The molecule has 5 nitrogen and oxygen atoms in total. The highest BCUT2D eigenvalue weighted by Gasteiger charge is 2.38. The number of hydrazone groups is 1. The van der Waals surface area contributed by atoms with Crippen molar-refractivity contribution in [3.05, 3.63) is 51.8 Å². The van der Waals surface area contributed by atoms with Crippen LogP contribution in [-0.4, -0.2) is 17.1 Å². The van der Waals surface area contributed by atoms with Gasteiger partial charge >= 0.3 is 0 Å². The maximum absolute atomic E-state index is 6.04. The lowest BCUT2D eigenvalue weighted by molar-refractivity contribution is 0.797. The number of hydrogen-bond acceptors (Lipinski definition) is 4. The fraction of sp³-hybridized carbons (Fsp3) is 0.235. The summed E-state index contributed by atoms with van der Waals surface area (Å²) >= 11 is 3.72. The van der Waals surface area contributed by atoms with Crippen LogP contribution in [0.3, 0.4) is 0 Å². The number of amidine groups is 1. The Morgan fingerprint density at radius 2 is 2.30 bits per heavy atom. The minimum atomic E-state index is 0.259. The van der Waals surface area contributed by atoms with Crippen molar-refractivity contribution < 1.29 is 0 Å². The fourth-order valence-electron chi connectivity index (χ4n) is 3.91. The van der Waals surface area contributed by atoms with E-state index < -0.39 is 0 Å². The molecule has 0 bridgehead atoms. The summed E-state index contributed by atoms with van der Waals surface area (Å²) in [5.74, 6) is 1.35. The zero-order valence-corrected chi connectivity index (χ0v) is 14.0. The Morgan fingerprint density at radius 1 is 1.39 bits per heavy atom. The summed E-state index contributed by atoms with van der Waals surface area (Å²) in [7, 11) is 0. The van der Waals surface area contributed by atoms with Gasteiger partial charge in [0.1, 0.15) is 12.5 Å². The second kappa shape index (κ2) is 4.72. The van der Waals surface area contributed by atoms with E-state index in [0.717, 1.165) is 28.0 Å². The number of nitrogens with two attached hydrogens (primary N) is 1. The number of para-hydroxylation sites is 1. The number of rotatable bonds is 1. The van der Waals surface area contributed by atoms with Crippen molar-refractivity contribution in [3.8, 4) is 5.69 Å². The van der Waals surface area contributed by atoms with Crippen molar-refractivity contribution in [3.63, 3.8) is 0 Å². The first-order chi connectivity index (χ1) is 11.3. The van der Waals surface area contributed by atoms with E-state index in [-0.39, 0.29) is 5.92 Å². The third-order valence-electron chi connectivity index (χ3n) is 4.88. The molecular weight excluding hydrogens is 354 g/mol. The number of fused-ring (bicyclic) bond motifs is 5. The van der Waals surface area contributed by atoms with E-state index >= 15 is 0 Å². The van der Waals surface area contributed by atoms with E-state index in [1.54, 1.807) is 0 Å². The van der Waals surface area contributed by atoms with Gasteiger partial charge in [0.2, 0.25) is 0 Å². The summed E-state index contributed by atoms with van der Waals surface area (Å²) in [6.45, 7) is 1.22.